The lowest BCUT2D eigenvalue weighted by molar-refractivity contribution is 0.198. The number of benzene rings is 2. The van der Waals surface area contributed by atoms with Gasteiger partial charge in [0, 0.05) is 45.3 Å². The van der Waals surface area contributed by atoms with E-state index in [1.54, 1.807) is 13.1 Å². The van der Waals surface area contributed by atoms with Crippen molar-refractivity contribution in [2.45, 2.75) is 31.8 Å². The minimum absolute atomic E-state index is 0. The molecule has 2 N–H and O–H groups in total. The molecule has 2 aromatic rings. The van der Waals surface area contributed by atoms with E-state index >= 15 is 0 Å². The number of hydrogen-bond acceptors (Lipinski definition) is 2. The summed E-state index contributed by atoms with van der Waals surface area (Å²) in [6.07, 6.45) is 2.19. The fraction of sp³-hybridized carbons (Fsp3) is 0.409. The maximum atomic E-state index is 13.7. The number of aliphatic imine (C=N–C) groups is 1. The minimum atomic E-state index is -0.831. The van der Waals surface area contributed by atoms with Gasteiger partial charge in [0.25, 0.3) is 0 Å². The molecule has 0 radical (unpaired) electrons. The predicted octanol–water partition coefficient (Wildman–Crippen LogP) is 4.23. The summed E-state index contributed by atoms with van der Waals surface area (Å²) in [5.41, 5.74) is 1.20. The molecule has 3 rings (SSSR count). The predicted molar refractivity (Wildman–Crippen MR) is 125 cm³/mol. The molecule has 0 spiro atoms. The molecule has 170 valence electrons. The van der Waals surface area contributed by atoms with Crippen molar-refractivity contribution in [3.05, 3.63) is 70.8 Å². The summed E-state index contributed by atoms with van der Waals surface area (Å²) in [4.78, 5) is 6.41. The number of nitrogens with zero attached hydrogens (tertiary/aromatic N) is 2. The van der Waals surface area contributed by atoms with Crippen molar-refractivity contribution in [1.29, 1.82) is 0 Å². The van der Waals surface area contributed by atoms with E-state index in [-0.39, 0.29) is 30.0 Å². The van der Waals surface area contributed by atoms with Gasteiger partial charge in [0.15, 0.2) is 17.6 Å². The normalized spacial score (nSPS) is 15.5. The van der Waals surface area contributed by atoms with Gasteiger partial charge in [-0.25, -0.2) is 17.6 Å². The van der Waals surface area contributed by atoms with Gasteiger partial charge in [0.05, 0.1) is 0 Å². The van der Waals surface area contributed by atoms with Gasteiger partial charge in [-0.15, -0.1) is 24.0 Å². The molecule has 1 heterocycles. The van der Waals surface area contributed by atoms with Crippen LogP contribution in [0.4, 0.5) is 17.6 Å². The SMILES string of the molecule is CN=C(NCCc1ccc(F)cc1F)NC1CCN(Cc2ccc(F)c(F)c2)CC1.I. The highest BCUT2D eigenvalue weighted by Crippen LogP contribution is 2.16. The number of likely N-dealkylation sites (tertiary alicyclic amines) is 1. The third-order valence-electron chi connectivity index (χ3n) is 5.24. The third-order valence-corrected chi connectivity index (χ3v) is 5.24. The van der Waals surface area contributed by atoms with Crippen molar-refractivity contribution in [2.75, 3.05) is 26.7 Å². The van der Waals surface area contributed by atoms with Crippen LogP contribution >= 0.6 is 24.0 Å². The van der Waals surface area contributed by atoms with Crippen LogP contribution in [0.3, 0.4) is 0 Å². The zero-order chi connectivity index (χ0) is 21.5. The van der Waals surface area contributed by atoms with Crippen LogP contribution in [-0.2, 0) is 13.0 Å². The van der Waals surface area contributed by atoms with Gasteiger partial charge in [0.1, 0.15) is 11.6 Å². The van der Waals surface area contributed by atoms with Crippen LogP contribution < -0.4 is 10.6 Å². The Morgan fingerprint density at radius 3 is 2.39 bits per heavy atom. The molecule has 1 fully saturated rings. The lowest BCUT2D eigenvalue weighted by Gasteiger charge is -2.33. The Morgan fingerprint density at radius 2 is 1.74 bits per heavy atom. The summed E-state index contributed by atoms with van der Waals surface area (Å²) in [6.45, 7) is 2.71. The highest BCUT2D eigenvalue weighted by Gasteiger charge is 2.20. The minimum Gasteiger partial charge on any atom is -0.356 e. The van der Waals surface area contributed by atoms with Crippen molar-refractivity contribution in [2.24, 2.45) is 4.99 Å². The second-order valence-electron chi connectivity index (χ2n) is 7.43. The van der Waals surface area contributed by atoms with Gasteiger partial charge >= 0.3 is 0 Å². The average molecular weight is 550 g/mol. The van der Waals surface area contributed by atoms with Gasteiger partial charge < -0.3 is 10.6 Å². The maximum absolute atomic E-state index is 13.7. The topological polar surface area (TPSA) is 39.7 Å². The Morgan fingerprint density at radius 1 is 1.00 bits per heavy atom. The molecule has 0 saturated carbocycles. The monoisotopic (exact) mass is 550 g/mol. The first kappa shape index (κ1) is 25.4. The molecule has 1 aliphatic heterocycles. The van der Waals surface area contributed by atoms with E-state index in [9.17, 15) is 17.6 Å². The van der Waals surface area contributed by atoms with Gasteiger partial charge in [-0.1, -0.05) is 12.1 Å². The van der Waals surface area contributed by atoms with Crippen LogP contribution in [0, 0.1) is 23.3 Å². The largest absolute Gasteiger partial charge is 0.356 e. The Labute approximate surface area is 197 Å². The van der Waals surface area contributed by atoms with Crippen molar-refractivity contribution in [3.63, 3.8) is 0 Å². The quantitative estimate of drug-likeness (QED) is 0.245. The lowest BCUT2D eigenvalue weighted by atomic mass is 10.0. The maximum Gasteiger partial charge on any atom is 0.191 e. The van der Waals surface area contributed by atoms with E-state index in [1.807, 2.05) is 0 Å². The Bertz CT molecular complexity index is 886. The van der Waals surface area contributed by atoms with E-state index < -0.39 is 23.3 Å². The summed E-state index contributed by atoms with van der Waals surface area (Å²) in [5.74, 6) is -2.15. The standard InChI is InChI=1S/C22H26F4N4.HI/c1-27-22(28-9-6-16-3-4-17(23)13-20(16)25)29-18-7-10-30(11-8-18)14-15-2-5-19(24)21(26)12-15;/h2-5,12-13,18H,6-11,14H2,1H3,(H2,27,28,29);1H. The van der Waals surface area contributed by atoms with Gasteiger partial charge in [0.2, 0.25) is 0 Å². The van der Waals surface area contributed by atoms with E-state index in [0.29, 0.717) is 31.0 Å². The first-order valence-electron chi connectivity index (χ1n) is 10.0. The zero-order valence-electron chi connectivity index (χ0n) is 17.3. The summed E-state index contributed by atoms with van der Waals surface area (Å²) < 4.78 is 53.1. The molecule has 0 amide bonds. The highest BCUT2D eigenvalue weighted by atomic mass is 127. The molecular formula is C22H27F4IN4. The van der Waals surface area contributed by atoms with Crippen LogP contribution in [0.2, 0.25) is 0 Å². The number of guanidine groups is 1. The van der Waals surface area contributed by atoms with Gasteiger partial charge in [-0.3, -0.25) is 9.89 Å². The first-order valence-corrected chi connectivity index (χ1v) is 10.0. The highest BCUT2D eigenvalue weighted by molar-refractivity contribution is 14.0. The van der Waals surface area contributed by atoms with E-state index in [2.05, 4.69) is 20.5 Å². The molecule has 1 saturated heterocycles. The Balaban J connectivity index is 0.00000341. The van der Waals surface area contributed by atoms with Crippen LogP contribution in [0.1, 0.15) is 24.0 Å². The lowest BCUT2D eigenvalue weighted by Crippen LogP contribution is -2.48. The summed E-state index contributed by atoms with van der Waals surface area (Å²) in [7, 11) is 1.67. The van der Waals surface area contributed by atoms with E-state index in [0.717, 1.165) is 43.6 Å². The van der Waals surface area contributed by atoms with Crippen molar-refractivity contribution < 1.29 is 17.6 Å². The molecule has 0 atom stereocenters. The van der Waals surface area contributed by atoms with Crippen LogP contribution in [0.5, 0.6) is 0 Å². The number of rotatable bonds is 6. The summed E-state index contributed by atoms with van der Waals surface area (Å²) in [5, 5.41) is 6.52. The summed E-state index contributed by atoms with van der Waals surface area (Å²) >= 11 is 0. The number of hydrogen-bond donors (Lipinski definition) is 2. The average Bonchev–Trinajstić information content (AvgIpc) is 2.73. The molecule has 1 aliphatic rings. The zero-order valence-corrected chi connectivity index (χ0v) is 19.6. The Kier molecular flexibility index (Phi) is 10.0. The molecule has 0 unspecified atom stereocenters. The molecule has 0 aliphatic carbocycles. The number of piperidine rings is 1. The van der Waals surface area contributed by atoms with Crippen LogP contribution in [0.25, 0.3) is 0 Å². The van der Waals surface area contributed by atoms with Crippen molar-refractivity contribution >= 4 is 29.9 Å². The molecule has 4 nitrogen and oxygen atoms in total. The summed E-state index contributed by atoms with van der Waals surface area (Å²) in [6, 6.07) is 7.83. The molecule has 2 aromatic carbocycles. The molecule has 31 heavy (non-hydrogen) atoms. The van der Waals surface area contributed by atoms with Crippen molar-refractivity contribution in [3.8, 4) is 0 Å². The second-order valence-corrected chi connectivity index (χ2v) is 7.43. The molecule has 9 heteroatoms. The number of nitrogens with one attached hydrogen (secondary N) is 2. The molecule has 0 bridgehead atoms. The fourth-order valence-corrected chi connectivity index (χ4v) is 3.56. The number of halogens is 5. The van der Waals surface area contributed by atoms with Gasteiger partial charge in [-0.2, -0.15) is 0 Å². The third kappa shape index (κ3) is 7.64. The second kappa shape index (κ2) is 12.2. The Hall–Kier alpha value is -1.88. The fourth-order valence-electron chi connectivity index (χ4n) is 3.56. The first-order chi connectivity index (χ1) is 14.4. The van der Waals surface area contributed by atoms with Crippen LogP contribution in [0.15, 0.2) is 41.4 Å². The smallest absolute Gasteiger partial charge is 0.191 e. The van der Waals surface area contributed by atoms with E-state index in [1.165, 1.54) is 18.2 Å². The molecular weight excluding hydrogens is 523 g/mol. The van der Waals surface area contributed by atoms with Crippen LogP contribution in [-0.4, -0.2) is 43.6 Å². The van der Waals surface area contributed by atoms with Crippen molar-refractivity contribution in [1.82, 2.24) is 15.5 Å². The van der Waals surface area contributed by atoms with E-state index in [4.69, 9.17) is 0 Å². The molecule has 0 aromatic heterocycles. The van der Waals surface area contributed by atoms with Gasteiger partial charge in [-0.05, 0) is 48.6 Å².